The van der Waals surface area contributed by atoms with Gasteiger partial charge in [0.25, 0.3) is 0 Å². The maximum absolute atomic E-state index is 13.5. The summed E-state index contributed by atoms with van der Waals surface area (Å²) in [7, 11) is -3.73. The molecule has 27 heavy (non-hydrogen) atoms. The third-order valence-electron chi connectivity index (χ3n) is 4.46. The summed E-state index contributed by atoms with van der Waals surface area (Å²) in [5.41, 5.74) is 0.728. The van der Waals surface area contributed by atoms with Crippen LogP contribution in [0.15, 0.2) is 105 Å². The van der Waals surface area contributed by atoms with Crippen molar-refractivity contribution in [2.24, 2.45) is 7.05 Å². The minimum atomic E-state index is -3.84. The molecule has 1 unspecified atom stereocenters. The number of aromatic nitrogens is 1. The zero-order valence-electron chi connectivity index (χ0n) is 14.6. The average Bonchev–Trinajstić information content (AvgIpc) is 3.02. The normalized spacial score (nSPS) is 12.9. The molecule has 4 rings (SSSR count). The van der Waals surface area contributed by atoms with Gasteiger partial charge in [-0.15, -0.1) is 0 Å². The van der Waals surface area contributed by atoms with Gasteiger partial charge in [-0.1, -0.05) is 54.6 Å². The van der Waals surface area contributed by atoms with Gasteiger partial charge in [-0.25, -0.2) is 12.6 Å². The Morgan fingerprint density at radius 3 is 2.00 bits per heavy atom. The lowest BCUT2D eigenvalue weighted by atomic mass is 10.2. The van der Waals surface area contributed by atoms with Crippen LogP contribution in [-0.2, 0) is 27.7 Å². The minimum absolute atomic E-state index is 0.106. The Bertz CT molecular complexity index is 1240. The number of para-hydroxylation sites is 1. The van der Waals surface area contributed by atoms with Gasteiger partial charge in [-0.3, -0.25) is 0 Å². The maximum atomic E-state index is 13.5. The van der Waals surface area contributed by atoms with Crippen LogP contribution in [0.25, 0.3) is 10.9 Å². The van der Waals surface area contributed by atoms with Gasteiger partial charge in [0, 0.05) is 17.3 Å². The van der Waals surface area contributed by atoms with E-state index in [0.29, 0.717) is 10.3 Å². The van der Waals surface area contributed by atoms with E-state index in [1.807, 2.05) is 18.2 Å². The first kappa shape index (κ1) is 17.7. The van der Waals surface area contributed by atoms with E-state index in [-0.39, 0.29) is 14.8 Å². The van der Waals surface area contributed by atoms with Crippen molar-refractivity contribution in [3.8, 4) is 0 Å². The molecule has 0 saturated carbocycles. The molecular formula is C21H17NO3S2. The first-order valence-electron chi connectivity index (χ1n) is 8.36. The van der Waals surface area contributed by atoms with Gasteiger partial charge in [0.15, 0.2) is 0 Å². The Kier molecular flexibility index (Phi) is 4.45. The number of rotatable bonds is 4. The van der Waals surface area contributed by atoms with Crippen LogP contribution < -0.4 is 0 Å². The molecule has 0 amide bonds. The second-order valence-corrected chi connectivity index (χ2v) is 9.39. The fraction of sp³-hybridized carbons (Fsp3) is 0.0476. The highest BCUT2D eigenvalue weighted by molar-refractivity contribution is 7.93. The van der Waals surface area contributed by atoms with Crippen molar-refractivity contribution >= 4 is 31.5 Å². The molecule has 0 spiro atoms. The van der Waals surface area contributed by atoms with Crippen molar-refractivity contribution in [1.82, 2.24) is 4.57 Å². The number of fused-ring (bicyclic) bond motifs is 1. The fourth-order valence-corrected chi connectivity index (χ4v) is 6.57. The van der Waals surface area contributed by atoms with Crippen molar-refractivity contribution in [3.63, 3.8) is 0 Å². The van der Waals surface area contributed by atoms with E-state index >= 15 is 0 Å². The molecule has 1 heterocycles. The molecule has 1 atom stereocenters. The van der Waals surface area contributed by atoms with Gasteiger partial charge in [0.1, 0.15) is 20.7 Å². The standard InChI is InChI=1S/C21H17NO3S2/c1-22-19-15-9-8-14-18(19)20(27(24,25)17-12-6-3-7-13-17)21(22)26(23)16-10-4-2-5-11-16/h2-15H,1H3. The van der Waals surface area contributed by atoms with Gasteiger partial charge in [-0.2, -0.15) is 0 Å². The number of aryl methyl sites for hydroxylation is 1. The van der Waals surface area contributed by atoms with Crippen molar-refractivity contribution in [2.45, 2.75) is 19.7 Å². The van der Waals surface area contributed by atoms with Gasteiger partial charge < -0.3 is 4.57 Å². The topological polar surface area (TPSA) is 56.1 Å². The summed E-state index contributed by atoms with van der Waals surface area (Å²) >= 11 is 0. The Morgan fingerprint density at radius 1 is 0.778 bits per heavy atom. The second-order valence-electron chi connectivity index (χ2n) is 6.11. The van der Waals surface area contributed by atoms with Crippen molar-refractivity contribution in [3.05, 3.63) is 84.9 Å². The molecule has 0 saturated heterocycles. The van der Waals surface area contributed by atoms with Crippen molar-refractivity contribution in [1.29, 1.82) is 0 Å². The van der Waals surface area contributed by atoms with E-state index in [2.05, 4.69) is 0 Å². The zero-order chi connectivity index (χ0) is 19.0. The summed E-state index contributed by atoms with van der Waals surface area (Å²) in [6, 6.07) is 24.4. The predicted octanol–water partition coefficient (Wildman–Crippen LogP) is 4.18. The number of nitrogens with zero attached hydrogens (tertiary/aromatic N) is 1. The van der Waals surface area contributed by atoms with Crippen LogP contribution in [0.2, 0.25) is 0 Å². The number of hydrogen-bond acceptors (Lipinski definition) is 3. The molecule has 3 aromatic carbocycles. The molecule has 0 N–H and O–H groups in total. The van der Waals surface area contributed by atoms with Gasteiger partial charge in [-0.05, 0) is 30.3 Å². The summed E-state index contributed by atoms with van der Waals surface area (Å²) in [6.45, 7) is 0. The molecule has 4 aromatic rings. The number of benzene rings is 3. The first-order chi connectivity index (χ1) is 13.0. The van der Waals surface area contributed by atoms with Crippen LogP contribution >= 0.6 is 0 Å². The molecule has 0 radical (unpaired) electrons. The number of hydrogen-bond donors (Lipinski definition) is 0. The summed E-state index contributed by atoms with van der Waals surface area (Å²) < 4.78 is 42.0. The molecule has 4 nitrogen and oxygen atoms in total. The van der Waals surface area contributed by atoms with E-state index in [9.17, 15) is 12.6 Å². The first-order valence-corrected chi connectivity index (χ1v) is 11.0. The Morgan fingerprint density at radius 2 is 1.33 bits per heavy atom. The van der Waals surface area contributed by atoms with E-state index in [4.69, 9.17) is 0 Å². The van der Waals surface area contributed by atoms with Crippen molar-refractivity contribution < 1.29 is 12.6 Å². The lowest BCUT2D eigenvalue weighted by molar-refractivity contribution is 0.592. The van der Waals surface area contributed by atoms with Crippen molar-refractivity contribution in [2.75, 3.05) is 0 Å². The third kappa shape index (κ3) is 2.91. The van der Waals surface area contributed by atoms with Crippen LogP contribution in [0.5, 0.6) is 0 Å². The Hall–Kier alpha value is -2.70. The highest BCUT2D eigenvalue weighted by Gasteiger charge is 2.31. The zero-order valence-corrected chi connectivity index (χ0v) is 16.2. The monoisotopic (exact) mass is 395 g/mol. The summed E-state index contributed by atoms with van der Waals surface area (Å²) in [5, 5.41) is 0.856. The van der Waals surface area contributed by atoms with E-state index in [1.54, 1.807) is 78.3 Å². The molecule has 6 heteroatoms. The lowest BCUT2D eigenvalue weighted by Crippen LogP contribution is -2.08. The number of sulfone groups is 1. The summed E-state index contributed by atoms with van der Waals surface area (Å²) in [6.07, 6.45) is 0. The molecule has 0 fully saturated rings. The van der Waals surface area contributed by atoms with E-state index in [1.165, 1.54) is 0 Å². The van der Waals surface area contributed by atoms with E-state index < -0.39 is 20.6 Å². The van der Waals surface area contributed by atoms with E-state index in [0.717, 1.165) is 5.52 Å². The Labute approximate surface area is 160 Å². The van der Waals surface area contributed by atoms with Crippen LogP contribution in [0.4, 0.5) is 0 Å². The smallest absolute Gasteiger partial charge is 0.209 e. The second kappa shape index (κ2) is 6.79. The van der Waals surface area contributed by atoms with Crippen LogP contribution in [0, 0.1) is 0 Å². The highest BCUT2D eigenvalue weighted by Crippen LogP contribution is 2.36. The summed E-state index contributed by atoms with van der Waals surface area (Å²) in [5.74, 6) is 0. The molecule has 0 aliphatic carbocycles. The molecular weight excluding hydrogens is 378 g/mol. The molecule has 1 aromatic heterocycles. The minimum Gasteiger partial charge on any atom is -0.335 e. The largest absolute Gasteiger partial charge is 0.335 e. The molecule has 0 bridgehead atoms. The molecule has 0 aliphatic heterocycles. The SMILES string of the molecule is Cn1c(S(=O)c2ccccc2)c(S(=O)(=O)c2ccccc2)c2ccccc21. The fourth-order valence-electron chi connectivity index (χ4n) is 3.18. The van der Waals surface area contributed by atoms with Crippen LogP contribution in [-0.4, -0.2) is 17.2 Å². The Balaban J connectivity index is 2.07. The quantitative estimate of drug-likeness (QED) is 0.521. The highest BCUT2D eigenvalue weighted by atomic mass is 32.2. The van der Waals surface area contributed by atoms with Gasteiger partial charge in [0.05, 0.1) is 10.4 Å². The molecule has 136 valence electrons. The van der Waals surface area contributed by atoms with Crippen LogP contribution in [0.3, 0.4) is 0 Å². The van der Waals surface area contributed by atoms with Crippen LogP contribution in [0.1, 0.15) is 0 Å². The van der Waals surface area contributed by atoms with Gasteiger partial charge >= 0.3 is 0 Å². The third-order valence-corrected chi connectivity index (χ3v) is 7.97. The predicted molar refractivity (Wildman–Crippen MR) is 106 cm³/mol. The summed E-state index contributed by atoms with van der Waals surface area (Å²) in [4.78, 5) is 0.856. The van der Waals surface area contributed by atoms with Gasteiger partial charge in [0.2, 0.25) is 9.84 Å². The maximum Gasteiger partial charge on any atom is 0.209 e. The average molecular weight is 396 g/mol. The lowest BCUT2D eigenvalue weighted by Gasteiger charge is -2.09. The molecule has 0 aliphatic rings.